The summed E-state index contributed by atoms with van der Waals surface area (Å²) in [6, 6.07) is -0.410. The summed E-state index contributed by atoms with van der Waals surface area (Å²) in [6.45, 7) is 5.34. The molecule has 0 aromatic carbocycles. The number of aliphatic hydroxyl groups is 1. The Kier molecular flexibility index (Phi) is 5.32. The van der Waals surface area contributed by atoms with E-state index in [1.165, 1.54) is 6.42 Å². The van der Waals surface area contributed by atoms with Crippen LogP contribution in [0.4, 0.5) is 4.79 Å². The number of alkyl carbamates (subject to hydrolysis) is 1. The molecule has 0 aromatic rings. The number of carbonyl (C=O) groups is 2. The van der Waals surface area contributed by atoms with Crippen molar-refractivity contribution in [3.05, 3.63) is 0 Å². The molecular weight excluding hydrogens is 284 g/mol. The third-order valence-electron chi connectivity index (χ3n) is 4.09. The number of carbonyl (C=O) groups excluding carboxylic acids is 2. The standard InChI is InChI=1S/C16H28N2O4/c1-16(2,3)22-15(21)18-12(9-10-5-4-6-10)13(19)14(20)17-11-7-8-11/h10-13,19H,4-9H2,1-3H3,(H,17,20)(H,18,21)/t12-,13?/m0/s1. The second-order valence-electron chi connectivity index (χ2n) is 7.51. The van der Waals surface area contributed by atoms with Gasteiger partial charge >= 0.3 is 6.09 Å². The Morgan fingerprint density at radius 1 is 1.23 bits per heavy atom. The highest BCUT2D eigenvalue weighted by atomic mass is 16.6. The fraction of sp³-hybridized carbons (Fsp3) is 0.875. The zero-order chi connectivity index (χ0) is 16.3. The highest BCUT2D eigenvalue weighted by Gasteiger charge is 2.35. The molecule has 2 amide bonds. The van der Waals surface area contributed by atoms with Crippen LogP contribution in [0.1, 0.15) is 59.3 Å². The van der Waals surface area contributed by atoms with Crippen molar-refractivity contribution in [1.29, 1.82) is 0 Å². The van der Waals surface area contributed by atoms with E-state index < -0.39 is 29.7 Å². The fourth-order valence-corrected chi connectivity index (χ4v) is 2.51. The van der Waals surface area contributed by atoms with Crippen LogP contribution in [-0.2, 0) is 9.53 Å². The molecule has 0 heterocycles. The molecule has 6 heteroatoms. The van der Waals surface area contributed by atoms with E-state index in [2.05, 4.69) is 10.6 Å². The summed E-state index contributed by atoms with van der Waals surface area (Å²) in [5, 5.41) is 15.7. The van der Waals surface area contributed by atoms with Crippen LogP contribution < -0.4 is 10.6 Å². The number of hydrogen-bond donors (Lipinski definition) is 3. The Balaban J connectivity index is 1.91. The van der Waals surface area contributed by atoms with Crippen molar-refractivity contribution in [2.45, 2.75) is 83.1 Å². The van der Waals surface area contributed by atoms with Gasteiger partial charge in [-0.15, -0.1) is 0 Å². The molecule has 2 aliphatic rings. The summed E-state index contributed by atoms with van der Waals surface area (Å²) in [7, 11) is 0. The number of aliphatic hydroxyl groups excluding tert-OH is 1. The third kappa shape index (κ3) is 5.48. The van der Waals surface area contributed by atoms with Crippen LogP contribution >= 0.6 is 0 Å². The summed E-state index contributed by atoms with van der Waals surface area (Å²) >= 11 is 0. The van der Waals surface area contributed by atoms with Gasteiger partial charge in [-0.2, -0.15) is 0 Å². The summed E-state index contributed by atoms with van der Waals surface area (Å²) < 4.78 is 5.23. The van der Waals surface area contributed by atoms with Gasteiger partial charge in [0.1, 0.15) is 5.60 Å². The van der Waals surface area contributed by atoms with Crippen molar-refractivity contribution in [1.82, 2.24) is 10.6 Å². The molecule has 0 saturated heterocycles. The first-order valence-corrected chi connectivity index (χ1v) is 8.22. The molecule has 2 saturated carbocycles. The summed E-state index contributed by atoms with van der Waals surface area (Å²) in [5.74, 6) is 0.0613. The normalized spacial score (nSPS) is 21.5. The zero-order valence-electron chi connectivity index (χ0n) is 13.7. The first-order valence-electron chi connectivity index (χ1n) is 8.22. The van der Waals surface area contributed by atoms with Crippen molar-refractivity contribution in [3.63, 3.8) is 0 Å². The number of nitrogens with one attached hydrogen (secondary N) is 2. The topological polar surface area (TPSA) is 87.7 Å². The van der Waals surface area contributed by atoms with Gasteiger partial charge in [-0.1, -0.05) is 19.3 Å². The minimum Gasteiger partial charge on any atom is -0.444 e. The predicted molar refractivity (Wildman–Crippen MR) is 82.3 cm³/mol. The third-order valence-corrected chi connectivity index (χ3v) is 4.09. The van der Waals surface area contributed by atoms with Crippen LogP contribution in [0.25, 0.3) is 0 Å². The van der Waals surface area contributed by atoms with Crippen LogP contribution in [0.15, 0.2) is 0 Å². The van der Waals surface area contributed by atoms with Gasteiger partial charge in [0, 0.05) is 6.04 Å². The highest BCUT2D eigenvalue weighted by Crippen LogP contribution is 2.31. The lowest BCUT2D eigenvalue weighted by Gasteiger charge is -2.32. The molecule has 126 valence electrons. The minimum atomic E-state index is -1.23. The van der Waals surface area contributed by atoms with Gasteiger partial charge in [0.15, 0.2) is 6.10 Å². The van der Waals surface area contributed by atoms with Gasteiger partial charge in [0.05, 0.1) is 6.04 Å². The molecule has 0 radical (unpaired) electrons. The Bertz CT molecular complexity index is 411. The van der Waals surface area contributed by atoms with E-state index in [9.17, 15) is 14.7 Å². The van der Waals surface area contributed by atoms with Crippen molar-refractivity contribution >= 4 is 12.0 Å². The maximum atomic E-state index is 12.0. The predicted octanol–water partition coefficient (Wildman–Crippen LogP) is 1.71. The molecule has 2 atom stereocenters. The lowest BCUT2D eigenvalue weighted by molar-refractivity contribution is -0.131. The highest BCUT2D eigenvalue weighted by molar-refractivity contribution is 5.82. The van der Waals surface area contributed by atoms with Gasteiger partial charge in [0.2, 0.25) is 0 Å². The Hall–Kier alpha value is -1.30. The largest absolute Gasteiger partial charge is 0.444 e. The second-order valence-corrected chi connectivity index (χ2v) is 7.51. The number of ether oxygens (including phenoxy) is 1. The monoisotopic (exact) mass is 312 g/mol. The van der Waals surface area contributed by atoms with E-state index in [0.29, 0.717) is 12.3 Å². The maximum absolute atomic E-state index is 12.0. The second kappa shape index (κ2) is 6.86. The molecule has 0 aromatic heterocycles. The lowest BCUT2D eigenvalue weighted by atomic mass is 9.80. The quantitative estimate of drug-likeness (QED) is 0.697. The zero-order valence-corrected chi connectivity index (χ0v) is 13.7. The molecule has 3 N–H and O–H groups in total. The van der Waals surface area contributed by atoms with E-state index in [4.69, 9.17) is 4.74 Å². The van der Waals surface area contributed by atoms with Crippen LogP contribution in [0, 0.1) is 5.92 Å². The Morgan fingerprint density at radius 3 is 2.32 bits per heavy atom. The van der Waals surface area contributed by atoms with E-state index >= 15 is 0 Å². The molecule has 2 fully saturated rings. The first kappa shape index (κ1) is 17.1. The van der Waals surface area contributed by atoms with Gasteiger partial charge in [0.25, 0.3) is 5.91 Å². The van der Waals surface area contributed by atoms with Crippen LogP contribution in [-0.4, -0.2) is 40.9 Å². The fourth-order valence-electron chi connectivity index (χ4n) is 2.51. The van der Waals surface area contributed by atoms with E-state index in [1.54, 1.807) is 20.8 Å². The van der Waals surface area contributed by atoms with Crippen molar-refractivity contribution < 1.29 is 19.4 Å². The van der Waals surface area contributed by atoms with E-state index in [0.717, 1.165) is 25.7 Å². The summed E-state index contributed by atoms with van der Waals surface area (Å²) in [6.07, 6.45) is 4.07. The Morgan fingerprint density at radius 2 is 1.86 bits per heavy atom. The van der Waals surface area contributed by atoms with Crippen LogP contribution in [0.5, 0.6) is 0 Å². The smallest absolute Gasteiger partial charge is 0.407 e. The molecule has 1 unspecified atom stereocenters. The van der Waals surface area contributed by atoms with Gasteiger partial charge in [-0.3, -0.25) is 4.79 Å². The van der Waals surface area contributed by atoms with Crippen molar-refractivity contribution in [3.8, 4) is 0 Å². The molecular formula is C16H28N2O4. The molecule has 22 heavy (non-hydrogen) atoms. The number of amides is 2. The van der Waals surface area contributed by atoms with Crippen molar-refractivity contribution in [2.24, 2.45) is 5.92 Å². The van der Waals surface area contributed by atoms with Crippen molar-refractivity contribution in [2.75, 3.05) is 0 Å². The SMILES string of the molecule is CC(C)(C)OC(=O)N[C@@H](CC1CCC1)C(O)C(=O)NC1CC1. The van der Waals surface area contributed by atoms with E-state index in [1.807, 2.05) is 0 Å². The maximum Gasteiger partial charge on any atom is 0.407 e. The molecule has 2 aliphatic carbocycles. The van der Waals surface area contributed by atoms with Gasteiger partial charge in [-0.05, 0) is 46.0 Å². The average molecular weight is 312 g/mol. The average Bonchev–Trinajstić information content (AvgIpc) is 3.12. The lowest BCUT2D eigenvalue weighted by Crippen LogP contribution is -2.52. The molecule has 0 aliphatic heterocycles. The molecule has 0 spiro atoms. The van der Waals surface area contributed by atoms with Crippen LogP contribution in [0.2, 0.25) is 0 Å². The summed E-state index contributed by atoms with van der Waals surface area (Å²) in [5.41, 5.74) is -0.605. The van der Waals surface area contributed by atoms with Gasteiger partial charge in [-0.25, -0.2) is 4.79 Å². The van der Waals surface area contributed by atoms with Crippen LogP contribution in [0.3, 0.4) is 0 Å². The molecule has 0 bridgehead atoms. The molecule has 6 nitrogen and oxygen atoms in total. The summed E-state index contributed by atoms with van der Waals surface area (Å²) in [4.78, 5) is 24.0. The number of hydrogen-bond acceptors (Lipinski definition) is 4. The Labute approximate surface area is 132 Å². The first-order chi connectivity index (χ1) is 10.2. The van der Waals surface area contributed by atoms with Gasteiger partial charge < -0.3 is 20.5 Å². The number of rotatable bonds is 6. The minimum absolute atomic E-state index is 0.188. The van der Waals surface area contributed by atoms with E-state index in [-0.39, 0.29) is 6.04 Å². The molecule has 2 rings (SSSR count).